The Morgan fingerprint density at radius 3 is 2.33 bits per heavy atom. The molecule has 7 heteroatoms. The number of anilines is 1. The SMILES string of the molecule is O=C(NCc1ccc(Cl)cc1)c1cnc(NCCc2ccc(F)cc2)cn1. The highest BCUT2D eigenvalue weighted by atomic mass is 35.5. The fourth-order valence-electron chi connectivity index (χ4n) is 2.40. The quantitative estimate of drug-likeness (QED) is 0.649. The second kappa shape index (κ2) is 9.09. The lowest BCUT2D eigenvalue weighted by molar-refractivity contribution is 0.0945. The van der Waals surface area contributed by atoms with E-state index in [9.17, 15) is 9.18 Å². The number of rotatable bonds is 7. The molecule has 0 aliphatic carbocycles. The summed E-state index contributed by atoms with van der Waals surface area (Å²) in [6.07, 6.45) is 3.67. The Hall–Kier alpha value is -2.99. The average Bonchev–Trinajstić information content (AvgIpc) is 2.69. The minimum atomic E-state index is -0.296. The first-order valence-corrected chi connectivity index (χ1v) is 8.81. The molecular formula is C20H18ClFN4O. The fraction of sp³-hybridized carbons (Fsp3) is 0.150. The van der Waals surface area contributed by atoms with E-state index in [1.54, 1.807) is 24.3 Å². The Bertz CT molecular complexity index is 883. The highest BCUT2D eigenvalue weighted by molar-refractivity contribution is 6.30. The van der Waals surface area contributed by atoms with E-state index >= 15 is 0 Å². The molecule has 138 valence electrons. The molecular weight excluding hydrogens is 367 g/mol. The summed E-state index contributed by atoms with van der Waals surface area (Å²) in [7, 11) is 0. The number of nitrogens with zero attached hydrogens (tertiary/aromatic N) is 2. The second-order valence-corrected chi connectivity index (χ2v) is 6.34. The summed E-state index contributed by atoms with van der Waals surface area (Å²) >= 11 is 5.84. The number of amides is 1. The molecule has 0 spiro atoms. The Morgan fingerprint density at radius 1 is 0.963 bits per heavy atom. The average molecular weight is 385 g/mol. The summed E-state index contributed by atoms with van der Waals surface area (Å²) in [6.45, 7) is 1.01. The maximum absolute atomic E-state index is 12.9. The van der Waals surface area contributed by atoms with E-state index in [1.807, 2.05) is 12.1 Å². The number of carbonyl (C=O) groups is 1. The first-order chi connectivity index (χ1) is 13.1. The number of hydrogen-bond donors (Lipinski definition) is 2. The van der Waals surface area contributed by atoms with Crippen LogP contribution in [0.1, 0.15) is 21.6 Å². The normalized spacial score (nSPS) is 10.4. The molecule has 0 atom stereocenters. The Morgan fingerprint density at radius 2 is 1.67 bits per heavy atom. The summed E-state index contributed by atoms with van der Waals surface area (Å²) < 4.78 is 12.9. The zero-order chi connectivity index (χ0) is 19.1. The van der Waals surface area contributed by atoms with Gasteiger partial charge in [-0.05, 0) is 41.8 Å². The third-order valence-corrected chi connectivity index (χ3v) is 4.14. The third kappa shape index (κ3) is 5.76. The van der Waals surface area contributed by atoms with E-state index in [4.69, 9.17) is 11.6 Å². The molecule has 0 saturated heterocycles. The van der Waals surface area contributed by atoms with Gasteiger partial charge in [0, 0.05) is 18.1 Å². The molecule has 2 aromatic carbocycles. The van der Waals surface area contributed by atoms with Crippen LogP contribution in [0.3, 0.4) is 0 Å². The highest BCUT2D eigenvalue weighted by Gasteiger charge is 2.08. The largest absolute Gasteiger partial charge is 0.368 e. The molecule has 3 rings (SSSR count). The first-order valence-electron chi connectivity index (χ1n) is 8.43. The van der Waals surface area contributed by atoms with Crippen molar-refractivity contribution in [2.24, 2.45) is 0 Å². The molecule has 0 radical (unpaired) electrons. The zero-order valence-corrected chi connectivity index (χ0v) is 15.2. The van der Waals surface area contributed by atoms with Crippen molar-refractivity contribution in [3.8, 4) is 0 Å². The maximum atomic E-state index is 12.9. The van der Waals surface area contributed by atoms with Gasteiger partial charge < -0.3 is 10.6 Å². The minimum Gasteiger partial charge on any atom is -0.368 e. The number of aromatic nitrogens is 2. The fourth-order valence-corrected chi connectivity index (χ4v) is 2.52. The van der Waals surface area contributed by atoms with Crippen LogP contribution in [0.5, 0.6) is 0 Å². The van der Waals surface area contributed by atoms with Gasteiger partial charge in [0.25, 0.3) is 5.91 Å². The molecule has 1 heterocycles. The lowest BCUT2D eigenvalue weighted by Gasteiger charge is -2.07. The van der Waals surface area contributed by atoms with Crippen LogP contribution in [0.15, 0.2) is 60.9 Å². The van der Waals surface area contributed by atoms with Crippen molar-refractivity contribution in [1.82, 2.24) is 15.3 Å². The summed E-state index contributed by atoms with van der Waals surface area (Å²) in [6, 6.07) is 13.6. The molecule has 5 nitrogen and oxygen atoms in total. The van der Waals surface area contributed by atoms with Gasteiger partial charge in [-0.3, -0.25) is 4.79 Å². The molecule has 0 unspecified atom stereocenters. The number of nitrogens with one attached hydrogen (secondary N) is 2. The van der Waals surface area contributed by atoms with Crippen LogP contribution >= 0.6 is 11.6 Å². The Balaban J connectivity index is 1.46. The van der Waals surface area contributed by atoms with E-state index in [1.165, 1.54) is 24.5 Å². The molecule has 1 aromatic heterocycles. The summed E-state index contributed by atoms with van der Waals surface area (Å²) in [5, 5.41) is 6.56. The molecule has 0 saturated carbocycles. The van der Waals surface area contributed by atoms with Gasteiger partial charge in [0.05, 0.1) is 12.4 Å². The predicted molar refractivity (Wildman–Crippen MR) is 103 cm³/mol. The van der Waals surface area contributed by atoms with E-state index in [0.29, 0.717) is 23.9 Å². The Kier molecular flexibility index (Phi) is 6.33. The minimum absolute atomic E-state index is 0.244. The summed E-state index contributed by atoms with van der Waals surface area (Å²) in [5.41, 5.74) is 2.21. The maximum Gasteiger partial charge on any atom is 0.271 e. The van der Waals surface area contributed by atoms with Crippen molar-refractivity contribution >= 4 is 23.3 Å². The molecule has 0 bridgehead atoms. The lowest BCUT2D eigenvalue weighted by Crippen LogP contribution is -2.24. The second-order valence-electron chi connectivity index (χ2n) is 5.90. The molecule has 0 aliphatic heterocycles. The van der Waals surface area contributed by atoms with Crippen molar-refractivity contribution in [3.05, 3.63) is 88.6 Å². The predicted octanol–water partition coefficient (Wildman–Crippen LogP) is 3.85. The van der Waals surface area contributed by atoms with Crippen molar-refractivity contribution in [2.45, 2.75) is 13.0 Å². The van der Waals surface area contributed by atoms with E-state index in [2.05, 4.69) is 20.6 Å². The van der Waals surface area contributed by atoms with E-state index < -0.39 is 0 Å². The zero-order valence-electron chi connectivity index (χ0n) is 14.5. The van der Waals surface area contributed by atoms with Gasteiger partial charge in [0.1, 0.15) is 17.3 Å². The molecule has 1 amide bonds. The van der Waals surface area contributed by atoms with Crippen LogP contribution in [0, 0.1) is 5.82 Å². The van der Waals surface area contributed by atoms with Crippen LogP contribution in [0.25, 0.3) is 0 Å². The van der Waals surface area contributed by atoms with Gasteiger partial charge in [-0.15, -0.1) is 0 Å². The smallest absolute Gasteiger partial charge is 0.271 e. The van der Waals surface area contributed by atoms with Gasteiger partial charge in [-0.1, -0.05) is 35.9 Å². The summed E-state index contributed by atoms with van der Waals surface area (Å²) in [5.74, 6) is 0.0316. The number of hydrogen-bond acceptors (Lipinski definition) is 4. The number of halogens is 2. The van der Waals surface area contributed by atoms with Crippen LogP contribution in [0.2, 0.25) is 5.02 Å². The van der Waals surface area contributed by atoms with Gasteiger partial charge >= 0.3 is 0 Å². The molecule has 3 aromatic rings. The van der Waals surface area contributed by atoms with Crippen molar-refractivity contribution in [2.75, 3.05) is 11.9 Å². The van der Waals surface area contributed by atoms with Gasteiger partial charge in [0.2, 0.25) is 0 Å². The van der Waals surface area contributed by atoms with Gasteiger partial charge in [0.15, 0.2) is 0 Å². The number of carbonyl (C=O) groups excluding carboxylic acids is 1. The van der Waals surface area contributed by atoms with Crippen LogP contribution in [-0.2, 0) is 13.0 Å². The van der Waals surface area contributed by atoms with Crippen LogP contribution in [0.4, 0.5) is 10.2 Å². The van der Waals surface area contributed by atoms with Crippen molar-refractivity contribution in [3.63, 3.8) is 0 Å². The van der Waals surface area contributed by atoms with Crippen LogP contribution < -0.4 is 10.6 Å². The van der Waals surface area contributed by atoms with E-state index in [0.717, 1.165) is 17.5 Å². The first kappa shape index (κ1) is 18.8. The van der Waals surface area contributed by atoms with E-state index in [-0.39, 0.29) is 17.4 Å². The molecule has 2 N–H and O–H groups in total. The molecule has 0 aliphatic rings. The molecule has 0 fully saturated rings. The third-order valence-electron chi connectivity index (χ3n) is 3.88. The monoisotopic (exact) mass is 384 g/mol. The van der Waals surface area contributed by atoms with Crippen LogP contribution in [-0.4, -0.2) is 22.4 Å². The van der Waals surface area contributed by atoms with Gasteiger partial charge in [-0.25, -0.2) is 14.4 Å². The Labute approximate surface area is 161 Å². The van der Waals surface area contributed by atoms with Crippen molar-refractivity contribution in [1.29, 1.82) is 0 Å². The van der Waals surface area contributed by atoms with Crippen molar-refractivity contribution < 1.29 is 9.18 Å². The lowest BCUT2D eigenvalue weighted by atomic mass is 10.1. The number of benzene rings is 2. The summed E-state index contributed by atoms with van der Waals surface area (Å²) in [4.78, 5) is 20.5. The topological polar surface area (TPSA) is 66.9 Å². The van der Waals surface area contributed by atoms with Gasteiger partial charge in [-0.2, -0.15) is 0 Å². The highest BCUT2D eigenvalue weighted by Crippen LogP contribution is 2.09. The standard InChI is InChI=1S/C20H18ClFN4O/c21-16-5-1-15(2-6-16)11-26-20(27)18-12-25-19(13-24-18)23-10-9-14-3-7-17(22)8-4-14/h1-8,12-13H,9-11H2,(H,23,25)(H,26,27). The molecule has 27 heavy (non-hydrogen) atoms.